The number of aromatic nitrogens is 3. The highest BCUT2D eigenvalue weighted by Crippen LogP contribution is 2.23. The minimum absolute atomic E-state index is 0.167. The molecule has 0 fully saturated rings. The Morgan fingerprint density at radius 1 is 0.897 bits per heavy atom. The second kappa shape index (κ2) is 7.68. The van der Waals surface area contributed by atoms with Gasteiger partial charge in [0.25, 0.3) is 5.91 Å². The molecule has 0 atom stereocenters. The Hall–Kier alpha value is -3.79. The van der Waals surface area contributed by atoms with Crippen molar-refractivity contribution in [1.29, 1.82) is 0 Å². The van der Waals surface area contributed by atoms with Crippen molar-refractivity contribution in [2.75, 3.05) is 0 Å². The van der Waals surface area contributed by atoms with Crippen LogP contribution in [0.1, 0.15) is 16.1 Å². The molecule has 1 N–H and O–H groups in total. The first kappa shape index (κ1) is 18.6. The van der Waals surface area contributed by atoms with Crippen LogP contribution in [0.25, 0.3) is 22.9 Å². The monoisotopic (exact) mass is 410 g/mol. The molecule has 0 bridgehead atoms. The molecule has 4 rings (SSSR count). The Balaban J connectivity index is 1.46. The van der Waals surface area contributed by atoms with Crippen LogP contribution in [-0.2, 0) is 15.8 Å². The molecule has 0 spiro atoms. The van der Waals surface area contributed by atoms with Crippen LogP contribution in [0, 0.1) is 0 Å². The lowest BCUT2D eigenvalue weighted by atomic mass is 10.1. The zero-order valence-corrected chi connectivity index (χ0v) is 15.7. The van der Waals surface area contributed by atoms with Crippen LogP contribution in [0.5, 0.6) is 0 Å². The SMILES string of the molecule is O=C(NS(=O)(=O)Cc1ccon1)c1ccc(-c2nnc(-c3ccccc3)o2)cc1. The summed E-state index contributed by atoms with van der Waals surface area (Å²) in [5, 5.41) is 11.5. The van der Waals surface area contributed by atoms with E-state index in [4.69, 9.17) is 4.42 Å². The summed E-state index contributed by atoms with van der Waals surface area (Å²) < 4.78 is 36.4. The molecule has 10 heteroatoms. The van der Waals surface area contributed by atoms with Crippen LogP contribution < -0.4 is 4.72 Å². The Morgan fingerprint density at radius 3 is 2.17 bits per heavy atom. The van der Waals surface area contributed by atoms with E-state index in [1.165, 1.54) is 24.5 Å². The first-order valence-electron chi connectivity index (χ1n) is 8.44. The number of benzene rings is 2. The minimum Gasteiger partial charge on any atom is -0.416 e. The highest BCUT2D eigenvalue weighted by atomic mass is 32.2. The van der Waals surface area contributed by atoms with Crippen LogP contribution in [0.15, 0.2) is 75.9 Å². The van der Waals surface area contributed by atoms with E-state index in [9.17, 15) is 13.2 Å². The van der Waals surface area contributed by atoms with Gasteiger partial charge in [0.15, 0.2) is 0 Å². The van der Waals surface area contributed by atoms with Gasteiger partial charge in [-0.1, -0.05) is 23.4 Å². The van der Waals surface area contributed by atoms with Crippen LogP contribution in [0.4, 0.5) is 0 Å². The highest BCUT2D eigenvalue weighted by Gasteiger charge is 2.19. The molecule has 0 radical (unpaired) electrons. The fourth-order valence-corrected chi connectivity index (χ4v) is 3.56. The van der Waals surface area contributed by atoms with Crippen molar-refractivity contribution < 1.29 is 22.2 Å². The summed E-state index contributed by atoms with van der Waals surface area (Å²) >= 11 is 0. The van der Waals surface area contributed by atoms with Crippen molar-refractivity contribution in [2.24, 2.45) is 0 Å². The van der Waals surface area contributed by atoms with Crippen LogP contribution in [0.3, 0.4) is 0 Å². The van der Waals surface area contributed by atoms with Crippen LogP contribution in [-0.4, -0.2) is 29.7 Å². The molecule has 0 aliphatic carbocycles. The Kier molecular flexibility index (Phi) is 4.92. The highest BCUT2D eigenvalue weighted by molar-refractivity contribution is 7.89. The first-order valence-corrected chi connectivity index (χ1v) is 10.1. The minimum atomic E-state index is -3.90. The van der Waals surface area contributed by atoms with E-state index in [1.54, 1.807) is 12.1 Å². The summed E-state index contributed by atoms with van der Waals surface area (Å²) in [5.74, 6) is -0.552. The molecule has 29 heavy (non-hydrogen) atoms. The molecule has 0 saturated carbocycles. The molecule has 0 unspecified atom stereocenters. The van der Waals surface area contributed by atoms with Gasteiger partial charge in [-0.2, -0.15) is 0 Å². The van der Waals surface area contributed by atoms with Gasteiger partial charge in [0.05, 0.1) is 0 Å². The zero-order chi connectivity index (χ0) is 20.3. The Bertz CT molecular complexity index is 1220. The third-order valence-corrected chi connectivity index (χ3v) is 5.09. The Labute approximate surface area is 165 Å². The number of carbonyl (C=O) groups is 1. The van der Waals surface area contributed by atoms with E-state index in [1.807, 2.05) is 35.1 Å². The number of nitrogens with one attached hydrogen (secondary N) is 1. The average molecular weight is 410 g/mol. The lowest BCUT2D eigenvalue weighted by molar-refractivity contribution is 0.0981. The predicted molar refractivity (Wildman–Crippen MR) is 102 cm³/mol. The van der Waals surface area contributed by atoms with Gasteiger partial charge in [-0.25, -0.2) is 13.1 Å². The van der Waals surface area contributed by atoms with Gasteiger partial charge >= 0.3 is 0 Å². The van der Waals surface area contributed by atoms with Gasteiger partial charge in [-0.3, -0.25) is 4.79 Å². The zero-order valence-electron chi connectivity index (χ0n) is 14.8. The molecule has 9 nitrogen and oxygen atoms in total. The second-order valence-corrected chi connectivity index (χ2v) is 7.76. The standard InChI is InChI=1S/C19H14N4O5S/c24-17(23-29(25,26)12-16-10-11-27-22-16)13-6-8-15(9-7-13)19-21-20-18(28-19)14-4-2-1-3-5-14/h1-11H,12H2,(H,23,24). The lowest BCUT2D eigenvalue weighted by Crippen LogP contribution is -2.31. The van der Waals surface area contributed by atoms with Gasteiger partial charge in [0, 0.05) is 22.8 Å². The number of sulfonamides is 1. The molecule has 2 aromatic heterocycles. The van der Waals surface area contributed by atoms with Crippen molar-refractivity contribution in [2.45, 2.75) is 5.75 Å². The average Bonchev–Trinajstić information content (AvgIpc) is 3.40. The van der Waals surface area contributed by atoms with E-state index < -0.39 is 21.7 Å². The molecular weight excluding hydrogens is 396 g/mol. The van der Waals surface area contributed by atoms with E-state index in [-0.39, 0.29) is 17.1 Å². The molecule has 1 amide bonds. The second-order valence-electron chi connectivity index (χ2n) is 6.04. The maximum Gasteiger partial charge on any atom is 0.264 e. The van der Waals surface area contributed by atoms with Gasteiger partial charge in [-0.05, 0) is 36.4 Å². The maximum absolute atomic E-state index is 12.2. The van der Waals surface area contributed by atoms with Crippen LogP contribution in [0.2, 0.25) is 0 Å². The molecule has 146 valence electrons. The van der Waals surface area contributed by atoms with E-state index in [0.29, 0.717) is 11.5 Å². The molecule has 0 aliphatic rings. The van der Waals surface area contributed by atoms with Gasteiger partial charge in [0.1, 0.15) is 17.7 Å². The summed E-state index contributed by atoms with van der Waals surface area (Å²) in [4.78, 5) is 12.2. The molecule has 2 aromatic carbocycles. The smallest absolute Gasteiger partial charge is 0.264 e. The molecule has 0 saturated heterocycles. The molecule has 2 heterocycles. The van der Waals surface area contributed by atoms with Crippen molar-refractivity contribution in [1.82, 2.24) is 20.1 Å². The van der Waals surface area contributed by atoms with Gasteiger partial charge in [0.2, 0.25) is 21.8 Å². The van der Waals surface area contributed by atoms with E-state index in [0.717, 1.165) is 5.56 Å². The van der Waals surface area contributed by atoms with Crippen molar-refractivity contribution >= 4 is 15.9 Å². The summed E-state index contributed by atoms with van der Waals surface area (Å²) in [6, 6.07) is 16.9. The summed E-state index contributed by atoms with van der Waals surface area (Å²) in [6.45, 7) is 0. The lowest BCUT2D eigenvalue weighted by Gasteiger charge is -2.05. The van der Waals surface area contributed by atoms with E-state index >= 15 is 0 Å². The summed E-state index contributed by atoms with van der Waals surface area (Å²) in [5.41, 5.74) is 1.76. The van der Waals surface area contributed by atoms with Crippen molar-refractivity contribution in [3.05, 3.63) is 78.2 Å². The van der Waals surface area contributed by atoms with Crippen molar-refractivity contribution in [3.63, 3.8) is 0 Å². The Morgan fingerprint density at radius 2 is 1.55 bits per heavy atom. The summed E-state index contributed by atoms with van der Waals surface area (Å²) in [7, 11) is -3.90. The molecular formula is C19H14N4O5S. The van der Waals surface area contributed by atoms with Crippen molar-refractivity contribution in [3.8, 4) is 22.9 Å². The number of rotatable bonds is 6. The quantitative estimate of drug-likeness (QED) is 0.514. The van der Waals surface area contributed by atoms with Crippen LogP contribution >= 0.6 is 0 Å². The van der Waals surface area contributed by atoms with Gasteiger partial charge in [-0.15, -0.1) is 10.2 Å². The number of hydrogen-bond donors (Lipinski definition) is 1. The predicted octanol–water partition coefficient (Wildman–Crippen LogP) is 2.65. The molecule has 0 aliphatic heterocycles. The maximum atomic E-state index is 12.2. The fourth-order valence-electron chi connectivity index (χ4n) is 2.54. The van der Waals surface area contributed by atoms with E-state index in [2.05, 4.69) is 19.9 Å². The third-order valence-electron chi connectivity index (χ3n) is 3.92. The number of hydrogen-bond acceptors (Lipinski definition) is 8. The summed E-state index contributed by atoms with van der Waals surface area (Å²) in [6.07, 6.45) is 1.26. The number of nitrogens with zero attached hydrogens (tertiary/aromatic N) is 3. The largest absolute Gasteiger partial charge is 0.416 e. The fraction of sp³-hybridized carbons (Fsp3) is 0.0526. The first-order chi connectivity index (χ1) is 14.0. The normalized spacial score (nSPS) is 11.3. The topological polar surface area (TPSA) is 128 Å². The third kappa shape index (κ3) is 4.38. The van der Waals surface area contributed by atoms with Gasteiger partial charge < -0.3 is 8.94 Å². The molecule has 4 aromatic rings. The number of amides is 1. The number of carbonyl (C=O) groups excluding carboxylic acids is 1.